The van der Waals surface area contributed by atoms with E-state index >= 15 is 0 Å². The number of anilines is 2. The normalized spacial score (nSPS) is 22.5. The van der Waals surface area contributed by atoms with E-state index in [4.69, 9.17) is 26.3 Å². The number of rotatable bonds is 7. The lowest BCUT2D eigenvalue weighted by atomic mass is 9.65. The number of likely N-dealkylation sites (tertiary alicyclic amines) is 2. The third-order valence-electron chi connectivity index (χ3n) is 10.9. The van der Waals surface area contributed by atoms with Gasteiger partial charge in [-0.2, -0.15) is 15.2 Å². The molecule has 2 atom stereocenters. The number of nitriles is 1. The van der Waals surface area contributed by atoms with E-state index in [1.165, 1.54) is 11.0 Å². The first-order chi connectivity index (χ1) is 23.6. The van der Waals surface area contributed by atoms with Crippen molar-refractivity contribution in [2.24, 2.45) is 11.3 Å². The van der Waals surface area contributed by atoms with Gasteiger partial charge in [0.25, 0.3) is 5.91 Å². The zero-order chi connectivity index (χ0) is 34.4. The maximum Gasteiger partial charge on any atom is 0.318 e. The highest BCUT2D eigenvalue weighted by atomic mass is 35.5. The highest BCUT2D eigenvalue weighted by Gasteiger charge is 2.49. The SMILES string of the molecule is C=C(F)C(=O)N1CCN(c2nc(OCC3CN(C)CCC34CN(C)C4)nc3c2CCN(c2cccc4ccc(F)c(Cl)c24)C3)C[C@@H]1CC#N. The molecule has 1 amide bonds. The first-order valence-electron chi connectivity index (χ1n) is 16.9. The predicted octanol–water partition coefficient (Wildman–Crippen LogP) is 4.66. The summed E-state index contributed by atoms with van der Waals surface area (Å²) in [5.41, 5.74) is 2.79. The van der Waals surface area contributed by atoms with Gasteiger partial charge in [-0.3, -0.25) is 4.79 Å². The molecule has 4 aliphatic rings. The van der Waals surface area contributed by atoms with Crippen molar-refractivity contribution < 1.29 is 18.3 Å². The third kappa shape index (κ3) is 6.28. The van der Waals surface area contributed by atoms with E-state index in [1.807, 2.05) is 18.2 Å². The zero-order valence-electron chi connectivity index (χ0n) is 28.0. The Morgan fingerprint density at radius 3 is 2.67 bits per heavy atom. The van der Waals surface area contributed by atoms with Gasteiger partial charge >= 0.3 is 6.01 Å². The maximum absolute atomic E-state index is 14.7. The van der Waals surface area contributed by atoms with Crippen LogP contribution >= 0.6 is 11.6 Å². The van der Waals surface area contributed by atoms with Crippen LogP contribution in [0.25, 0.3) is 10.8 Å². The summed E-state index contributed by atoms with van der Waals surface area (Å²) in [7, 11) is 4.30. The molecular formula is C36H41ClF2N8O2. The molecule has 3 aromatic rings. The van der Waals surface area contributed by atoms with Gasteiger partial charge in [-0.15, -0.1) is 0 Å². The van der Waals surface area contributed by atoms with Crippen molar-refractivity contribution in [3.8, 4) is 12.1 Å². The molecule has 0 radical (unpaired) electrons. The van der Waals surface area contributed by atoms with Gasteiger partial charge in [-0.25, -0.2) is 8.78 Å². The van der Waals surface area contributed by atoms with E-state index in [0.29, 0.717) is 56.3 Å². The topological polar surface area (TPSA) is 92.1 Å². The largest absolute Gasteiger partial charge is 0.463 e. The minimum atomic E-state index is -1.04. The lowest BCUT2D eigenvalue weighted by Crippen LogP contribution is -2.64. The van der Waals surface area contributed by atoms with Crippen LogP contribution in [0.15, 0.2) is 42.7 Å². The van der Waals surface area contributed by atoms with Crippen molar-refractivity contribution >= 4 is 39.8 Å². The molecule has 1 spiro atoms. The molecule has 49 heavy (non-hydrogen) atoms. The molecule has 4 aliphatic heterocycles. The number of hydrogen-bond acceptors (Lipinski definition) is 9. The van der Waals surface area contributed by atoms with E-state index < -0.39 is 23.6 Å². The summed E-state index contributed by atoms with van der Waals surface area (Å²) in [5.74, 6) is -1.28. The standard InChI is InChI=1S/C36H41ClF2N8O2/c1-23(38)34(48)47-16-15-46(18-26(47)9-12-40)33-27-10-13-45(30-6-4-5-24-7-8-28(39)32(37)31(24)30)19-29(27)41-35(42-33)49-20-25-17-43(2)14-11-36(25)21-44(3)22-36/h4-8,25-26H,1,9-11,13-22H2,2-3H3/t25?,26-/m0/s1. The Kier molecular flexibility index (Phi) is 9.11. The van der Waals surface area contributed by atoms with Crippen molar-refractivity contribution in [1.82, 2.24) is 24.7 Å². The zero-order valence-corrected chi connectivity index (χ0v) is 28.7. The van der Waals surface area contributed by atoms with Crippen LogP contribution in [0, 0.1) is 28.5 Å². The van der Waals surface area contributed by atoms with Gasteiger partial charge in [0.2, 0.25) is 0 Å². The van der Waals surface area contributed by atoms with E-state index in [-0.39, 0.29) is 29.4 Å². The summed E-state index contributed by atoms with van der Waals surface area (Å²) in [6.07, 6.45) is 1.76. The Labute approximate surface area is 290 Å². The molecule has 7 rings (SSSR count). The lowest BCUT2D eigenvalue weighted by molar-refractivity contribution is -0.131. The van der Waals surface area contributed by atoms with E-state index in [9.17, 15) is 18.8 Å². The predicted molar refractivity (Wildman–Crippen MR) is 185 cm³/mol. The number of carbonyl (C=O) groups is 1. The molecule has 2 aromatic carbocycles. The number of carbonyl (C=O) groups excluding carboxylic acids is 1. The van der Waals surface area contributed by atoms with Gasteiger partial charge in [0, 0.05) is 73.8 Å². The number of hydrogen-bond donors (Lipinski definition) is 0. The van der Waals surface area contributed by atoms with Crippen LogP contribution in [0.2, 0.25) is 5.02 Å². The first kappa shape index (κ1) is 33.4. The number of nitrogens with zero attached hydrogens (tertiary/aromatic N) is 8. The third-order valence-corrected chi connectivity index (χ3v) is 11.2. The summed E-state index contributed by atoms with van der Waals surface area (Å²) >= 11 is 6.53. The molecular weight excluding hydrogens is 650 g/mol. The second kappa shape index (κ2) is 13.3. The smallest absolute Gasteiger partial charge is 0.318 e. The van der Waals surface area contributed by atoms with Crippen molar-refractivity contribution in [1.29, 1.82) is 5.26 Å². The maximum atomic E-state index is 14.7. The van der Waals surface area contributed by atoms with Crippen LogP contribution in [0.3, 0.4) is 0 Å². The van der Waals surface area contributed by atoms with Gasteiger partial charge < -0.3 is 29.2 Å². The van der Waals surface area contributed by atoms with Crippen LogP contribution in [-0.4, -0.2) is 110 Å². The molecule has 13 heteroatoms. The fraction of sp³-hybridized carbons (Fsp3) is 0.500. The number of piperidine rings is 1. The number of ether oxygens (including phenoxy) is 1. The molecule has 0 aliphatic carbocycles. The molecule has 258 valence electrons. The van der Waals surface area contributed by atoms with Crippen LogP contribution in [0.4, 0.5) is 20.3 Å². The van der Waals surface area contributed by atoms with Crippen LogP contribution < -0.4 is 14.5 Å². The summed E-state index contributed by atoms with van der Waals surface area (Å²) in [6.45, 7) is 9.73. The fourth-order valence-electron chi connectivity index (χ4n) is 8.35. The Hall–Kier alpha value is -4.05. The molecule has 3 saturated heterocycles. The van der Waals surface area contributed by atoms with Gasteiger partial charge in [0.05, 0.1) is 42.4 Å². The second-order valence-electron chi connectivity index (χ2n) is 14.1. The Morgan fingerprint density at radius 2 is 1.92 bits per heavy atom. The van der Waals surface area contributed by atoms with Crippen LogP contribution in [0.5, 0.6) is 6.01 Å². The highest BCUT2D eigenvalue weighted by molar-refractivity contribution is 6.36. The molecule has 10 nitrogen and oxygen atoms in total. The van der Waals surface area contributed by atoms with Crippen molar-refractivity contribution in [3.63, 3.8) is 0 Å². The van der Waals surface area contributed by atoms with Crippen LogP contribution in [-0.2, 0) is 17.8 Å². The minimum absolute atomic E-state index is 0.0457. The Morgan fingerprint density at radius 1 is 1.10 bits per heavy atom. The summed E-state index contributed by atoms with van der Waals surface area (Å²) < 4.78 is 35.1. The van der Waals surface area contributed by atoms with Gasteiger partial charge in [-0.05, 0) is 51.0 Å². The van der Waals surface area contributed by atoms with E-state index in [0.717, 1.165) is 54.9 Å². The number of fused-ring (bicyclic) bond motifs is 2. The summed E-state index contributed by atoms with van der Waals surface area (Å²) in [4.78, 5) is 32.9. The Balaban J connectivity index is 1.22. The van der Waals surface area contributed by atoms with E-state index in [2.05, 4.69) is 46.3 Å². The number of benzene rings is 2. The molecule has 3 fully saturated rings. The van der Waals surface area contributed by atoms with Crippen molar-refractivity contribution in [2.75, 3.05) is 82.9 Å². The van der Waals surface area contributed by atoms with E-state index in [1.54, 1.807) is 6.07 Å². The first-order valence-corrected chi connectivity index (χ1v) is 17.2. The van der Waals surface area contributed by atoms with Crippen LogP contribution in [0.1, 0.15) is 24.1 Å². The number of amides is 1. The minimum Gasteiger partial charge on any atom is -0.463 e. The molecule has 0 saturated carbocycles. The number of halogens is 3. The van der Waals surface area contributed by atoms with Crippen molar-refractivity contribution in [2.45, 2.75) is 31.8 Å². The lowest BCUT2D eigenvalue weighted by Gasteiger charge is -2.56. The average Bonchev–Trinajstić information content (AvgIpc) is 3.08. The van der Waals surface area contributed by atoms with Gasteiger partial charge in [-0.1, -0.05) is 36.4 Å². The number of piperazine rings is 1. The highest BCUT2D eigenvalue weighted by Crippen LogP contribution is 2.44. The number of aromatic nitrogens is 2. The van der Waals surface area contributed by atoms with Crippen molar-refractivity contribution in [3.05, 3.63) is 64.8 Å². The van der Waals surface area contributed by atoms with Gasteiger partial charge in [0.1, 0.15) is 11.6 Å². The Bertz CT molecular complexity index is 1830. The quantitative estimate of drug-likeness (QED) is 0.329. The monoisotopic (exact) mass is 690 g/mol. The second-order valence-corrected chi connectivity index (χ2v) is 14.5. The molecule has 1 unspecified atom stereocenters. The van der Waals surface area contributed by atoms with Gasteiger partial charge in [0.15, 0.2) is 5.83 Å². The summed E-state index contributed by atoms with van der Waals surface area (Å²) in [5, 5.41) is 11.2. The molecule has 1 aromatic heterocycles. The molecule has 5 heterocycles. The average molecular weight is 691 g/mol. The molecule has 0 N–H and O–H groups in total. The summed E-state index contributed by atoms with van der Waals surface area (Å²) in [6, 6.07) is 10.8. The fourth-order valence-corrected chi connectivity index (χ4v) is 8.62. The molecule has 0 bridgehead atoms.